The van der Waals surface area contributed by atoms with Gasteiger partial charge >= 0.3 is 6.09 Å². The molecule has 1 aromatic rings. The minimum absolute atomic E-state index is 0.0886. The summed E-state index contributed by atoms with van der Waals surface area (Å²) >= 11 is 0. The maximum absolute atomic E-state index is 12.1. The number of hydrogen-bond donors (Lipinski definition) is 0. The predicted molar refractivity (Wildman–Crippen MR) is 62.3 cm³/mol. The van der Waals surface area contributed by atoms with Crippen LogP contribution in [0.1, 0.15) is 12.0 Å². The van der Waals surface area contributed by atoms with Crippen molar-refractivity contribution in [1.82, 2.24) is 4.90 Å². The van der Waals surface area contributed by atoms with Gasteiger partial charge in [-0.25, -0.2) is 13.6 Å². The van der Waals surface area contributed by atoms with Crippen molar-refractivity contribution in [1.29, 1.82) is 0 Å². The fourth-order valence-electron chi connectivity index (χ4n) is 1.93. The molecule has 3 nitrogen and oxygen atoms in total. The van der Waals surface area contributed by atoms with Crippen LogP contribution in [0.15, 0.2) is 30.3 Å². The molecule has 0 unspecified atom stereocenters. The van der Waals surface area contributed by atoms with Crippen LogP contribution in [0.2, 0.25) is 0 Å². The molecule has 0 atom stereocenters. The molecule has 0 radical (unpaired) electrons. The van der Waals surface area contributed by atoms with E-state index in [1.165, 1.54) is 4.90 Å². The summed E-state index contributed by atoms with van der Waals surface area (Å²) in [6, 6.07) is 9.35. The van der Waals surface area contributed by atoms with Crippen molar-refractivity contribution in [2.45, 2.75) is 19.5 Å². The largest absolute Gasteiger partial charge is 0.445 e. The summed E-state index contributed by atoms with van der Waals surface area (Å²) in [5.74, 6) is -0.0886. The van der Waals surface area contributed by atoms with Crippen molar-refractivity contribution in [2.75, 3.05) is 13.1 Å². The minimum atomic E-state index is -2.29. The summed E-state index contributed by atoms with van der Waals surface area (Å²) in [6.45, 7) is 0.964. The van der Waals surface area contributed by atoms with E-state index in [9.17, 15) is 13.6 Å². The van der Waals surface area contributed by atoms with Crippen LogP contribution >= 0.6 is 0 Å². The third kappa shape index (κ3) is 3.42. The molecular formula is C13H15F2NO2. The summed E-state index contributed by atoms with van der Waals surface area (Å²) in [5.41, 5.74) is 0.913. The Morgan fingerprint density at radius 3 is 2.61 bits per heavy atom. The molecule has 0 saturated carbocycles. The number of amides is 1. The Balaban J connectivity index is 1.68. The quantitative estimate of drug-likeness (QED) is 0.828. The lowest BCUT2D eigenvalue weighted by molar-refractivity contribution is 0.0214. The van der Waals surface area contributed by atoms with Crippen molar-refractivity contribution >= 4 is 6.09 Å². The van der Waals surface area contributed by atoms with Crippen molar-refractivity contribution in [3.05, 3.63) is 35.9 Å². The first-order valence-electron chi connectivity index (χ1n) is 5.89. The first-order chi connectivity index (χ1) is 8.65. The van der Waals surface area contributed by atoms with Gasteiger partial charge in [0.05, 0.1) is 0 Å². The molecule has 1 heterocycles. The maximum Gasteiger partial charge on any atom is 0.410 e. The molecule has 1 saturated heterocycles. The molecule has 2 rings (SSSR count). The molecule has 18 heavy (non-hydrogen) atoms. The Kier molecular flexibility index (Phi) is 4.12. The molecule has 1 amide bonds. The van der Waals surface area contributed by atoms with E-state index < -0.39 is 12.5 Å². The fraction of sp³-hybridized carbons (Fsp3) is 0.462. The number of carbonyl (C=O) groups is 1. The topological polar surface area (TPSA) is 29.5 Å². The maximum atomic E-state index is 12.1. The van der Waals surface area contributed by atoms with E-state index in [0.717, 1.165) is 5.56 Å². The second-order valence-corrected chi connectivity index (χ2v) is 4.44. The van der Waals surface area contributed by atoms with E-state index in [1.807, 2.05) is 30.3 Å². The summed E-state index contributed by atoms with van der Waals surface area (Å²) in [7, 11) is 0. The summed E-state index contributed by atoms with van der Waals surface area (Å²) in [6.07, 6.45) is -2.86. The van der Waals surface area contributed by atoms with Crippen LogP contribution in [-0.4, -0.2) is 30.5 Å². The highest BCUT2D eigenvalue weighted by atomic mass is 19.3. The van der Waals surface area contributed by atoms with Gasteiger partial charge in [-0.1, -0.05) is 30.3 Å². The van der Waals surface area contributed by atoms with E-state index in [4.69, 9.17) is 4.74 Å². The monoisotopic (exact) mass is 255 g/mol. The predicted octanol–water partition coefficient (Wildman–Crippen LogP) is 2.91. The second-order valence-electron chi connectivity index (χ2n) is 4.44. The number of rotatable bonds is 4. The zero-order valence-corrected chi connectivity index (χ0v) is 9.89. The van der Waals surface area contributed by atoms with Crippen molar-refractivity contribution in [3.63, 3.8) is 0 Å². The molecule has 0 N–H and O–H groups in total. The molecule has 0 aromatic heterocycles. The van der Waals surface area contributed by atoms with Crippen LogP contribution in [-0.2, 0) is 11.3 Å². The number of halogens is 2. The standard InChI is InChI=1S/C13H15F2NO2/c14-12(15)6-11-7-16(8-11)13(17)18-9-10-4-2-1-3-5-10/h1-5,11-12H,6-9H2. The smallest absolute Gasteiger partial charge is 0.410 e. The van der Waals surface area contributed by atoms with Crippen molar-refractivity contribution in [2.24, 2.45) is 5.92 Å². The summed E-state index contributed by atoms with van der Waals surface area (Å²) in [4.78, 5) is 13.0. The van der Waals surface area contributed by atoms with Crippen molar-refractivity contribution < 1.29 is 18.3 Å². The number of ether oxygens (including phenoxy) is 1. The first kappa shape index (κ1) is 12.8. The third-order valence-electron chi connectivity index (χ3n) is 2.93. The van der Waals surface area contributed by atoms with Crippen LogP contribution in [0.4, 0.5) is 13.6 Å². The van der Waals surface area contributed by atoms with Gasteiger partial charge in [-0.15, -0.1) is 0 Å². The summed E-state index contributed by atoms with van der Waals surface area (Å²) < 4.78 is 29.2. The van der Waals surface area contributed by atoms with E-state index in [-0.39, 0.29) is 18.9 Å². The van der Waals surface area contributed by atoms with Gasteiger partial charge in [0.25, 0.3) is 0 Å². The van der Waals surface area contributed by atoms with Gasteiger partial charge in [0.2, 0.25) is 6.43 Å². The van der Waals surface area contributed by atoms with Gasteiger partial charge in [-0.05, 0) is 11.5 Å². The first-order valence-corrected chi connectivity index (χ1v) is 5.89. The molecule has 0 bridgehead atoms. The van der Waals surface area contributed by atoms with Crippen LogP contribution in [0, 0.1) is 5.92 Å². The molecule has 1 aromatic carbocycles. The Bertz CT molecular complexity index is 391. The van der Waals surface area contributed by atoms with Gasteiger partial charge in [0, 0.05) is 19.5 Å². The number of alkyl halides is 2. The molecular weight excluding hydrogens is 240 g/mol. The lowest BCUT2D eigenvalue weighted by Gasteiger charge is -2.38. The Labute approximate surface area is 104 Å². The molecule has 98 valence electrons. The molecule has 1 aliphatic heterocycles. The normalized spacial score (nSPS) is 15.6. The van der Waals surface area contributed by atoms with E-state index in [0.29, 0.717) is 13.1 Å². The number of hydrogen-bond acceptors (Lipinski definition) is 2. The average Bonchev–Trinajstić information content (AvgIpc) is 2.31. The molecule has 1 aliphatic rings. The summed E-state index contributed by atoms with van der Waals surface area (Å²) in [5, 5.41) is 0. The second kappa shape index (κ2) is 5.80. The molecule has 1 fully saturated rings. The zero-order chi connectivity index (χ0) is 13.0. The molecule has 0 aliphatic carbocycles. The van der Waals surface area contributed by atoms with Crippen molar-refractivity contribution in [3.8, 4) is 0 Å². The van der Waals surface area contributed by atoms with Crippen LogP contribution in [0.5, 0.6) is 0 Å². The minimum Gasteiger partial charge on any atom is -0.445 e. The van der Waals surface area contributed by atoms with Crippen LogP contribution < -0.4 is 0 Å². The van der Waals surface area contributed by atoms with Gasteiger partial charge in [-0.2, -0.15) is 0 Å². The lowest BCUT2D eigenvalue weighted by atomic mass is 9.97. The van der Waals surface area contributed by atoms with Crippen LogP contribution in [0.3, 0.4) is 0 Å². The lowest BCUT2D eigenvalue weighted by Crippen LogP contribution is -2.50. The Morgan fingerprint density at radius 1 is 1.33 bits per heavy atom. The number of benzene rings is 1. The van der Waals surface area contributed by atoms with E-state index in [2.05, 4.69) is 0 Å². The van der Waals surface area contributed by atoms with E-state index in [1.54, 1.807) is 0 Å². The van der Waals surface area contributed by atoms with Gasteiger partial charge < -0.3 is 9.64 Å². The highest BCUT2D eigenvalue weighted by Crippen LogP contribution is 2.23. The Morgan fingerprint density at radius 2 is 2.00 bits per heavy atom. The highest BCUT2D eigenvalue weighted by molar-refractivity contribution is 5.68. The number of carbonyl (C=O) groups excluding carboxylic acids is 1. The van der Waals surface area contributed by atoms with E-state index >= 15 is 0 Å². The average molecular weight is 255 g/mol. The number of likely N-dealkylation sites (tertiary alicyclic amines) is 1. The third-order valence-corrected chi connectivity index (χ3v) is 2.93. The zero-order valence-electron chi connectivity index (χ0n) is 9.89. The van der Waals surface area contributed by atoms with Gasteiger partial charge in [-0.3, -0.25) is 0 Å². The van der Waals surface area contributed by atoms with Gasteiger partial charge in [0.1, 0.15) is 6.61 Å². The molecule has 0 spiro atoms. The Hall–Kier alpha value is -1.65. The van der Waals surface area contributed by atoms with Gasteiger partial charge in [0.15, 0.2) is 0 Å². The SMILES string of the molecule is O=C(OCc1ccccc1)N1CC(CC(F)F)C1. The number of nitrogens with zero attached hydrogens (tertiary/aromatic N) is 1. The fourth-order valence-corrected chi connectivity index (χ4v) is 1.93. The van der Waals surface area contributed by atoms with Crippen LogP contribution in [0.25, 0.3) is 0 Å². The molecule has 5 heteroatoms. The highest BCUT2D eigenvalue weighted by Gasteiger charge is 2.33.